The number of esters is 1. The smallest absolute Gasteiger partial charge is 0.320 e. The molecule has 0 N–H and O–H groups in total. The maximum Gasteiger partial charge on any atom is 0.320 e. The summed E-state index contributed by atoms with van der Waals surface area (Å²) in [5.41, 5.74) is 0.953. The van der Waals surface area contributed by atoms with Crippen LogP contribution in [0, 0.1) is 5.82 Å². The Labute approximate surface area is 115 Å². The molecule has 5 heteroatoms. The van der Waals surface area contributed by atoms with Gasteiger partial charge in [0.2, 0.25) is 0 Å². The first-order valence-corrected chi connectivity index (χ1v) is 6.68. The standard InChI is InChI=1S/C13H17BrFNO2/c1-3-16(9-13(17)18-4-2)8-10-5-6-12(15)11(14)7-10/h5-7H,3-4,8-9H2,1-2H3. The number of hydrogen-bond acceptors (Lipinski definition) is 3. The number of benzene rings is 1. The van der Waals surface area contributed by atoms with Gasteiger partial charge in [0.1, 0.15) is 5.82 Å². The molecule has 0 aromatic heterocycles. The summed E-state index contributed by atoms with van der Waals surface area (Å²) < 4.78 is 18.4. The Morgan fingerprint density at radius 2 is 2.17 bits per heavy atom. The van der Waals surface area contributed by atoms with E-state index in [1.807, 2.05) is 11.8 Å². The van der Waals surface area contributed by atoms with Crippen molar-refractivity contribution in [3.63, 3.8) is 0 Å². The third-order valence-electron chi connectivity index (χ3n) is 2.50. The van der Waals surface area contributed by atoms with Gasteiger partial charge >= 0.3 is 5.97 Å². The van der Waals surface area contributed by atoms with Gasteiger partial charge in [-0.05, 0) is 47.1 Å². The zero-order chi connectivity index (χ0) is 13.5. The molecular formula is C13H17BrFNO2. The molecule has 1 aromatic carbocycles. The molecule has 0 amide bonds. The van der Waals surface area contributed by atoms with E-state index in [-0.39, 0.29) is 18.3 Å². The number of hydrogen-bond donors (Lipinski definition) is 0. The molecule has 0 bridgehead atoms. The topological polar surface area (TPSA) is 29.5 Å². The van der Waals surface area contributed by atoms with Crippen molar-refractivity contribution in [3.8, 4) is 0 Å². The van der Waals surface area contributed by atoms with Crippen molar-refractivity contribution in [1.82, 2.24) is 4.90 Å². The minimum absolute atomic E-state index is 0.236. The average molecular weight is 318 g/mol. The van der Waals surface area contributed by atoms with E-state index >= 15 is 0 Å². The van der Waals surface area contributed by atoms with Crippen LogP contribution in [0.4, 0.5) is 4.39 Å². The van der Waals surface area contributed by atoms with Gasteiger partial charge in [-0.1, -0.05) is 13.0 Å². The van der Waals surface area contributed by atoms with Crippen molar-refractivity contribution in [3.05, 3.63) is 34.1 Å². The molecule has 0 unspecified atom stereocenters. The highest BCUT2D eigenvalue weighted by Gasteiger charge is 2.11. The van der Waals surface area contributed by atoms with Crippen molar-refractivity contribution in [1.29, 1.82) is 0 Å². The van der Waals surface area contributed by atoms with Crippen LogP contribution in [0.5, 0.6) is 0 Å². The lowest BCUT2D eigenvalue weighted by Gasteiger charge is -2.19. The second-order valence-corrected chi connectivity index (χ2v) is 4.71. The summed E-state index contributed by atoms with van der Waals surface area (Å²) in [6.07, 6.45) is 0. The van der Waals surface area contributed by atoms with Crippen LogP contribution in [0.15, 0.2) is 22.7 Å². The van der Waals surface area contributed by atoms with Crippen LogP contribution in [0.2, 0.25) is 0 Å². The highest BCUT2D eigenvalue weighted by atomic mass is 79.9. The summed E-state index contributed by atoms with van der Waals surface area (Å²) >= 11 is 3.15. The highest BCUT2D eigenvalue weighted by molar-refractivity contribution is 9.10. The summed E-state index contributed by atoms with van der Waals surface area (Å²) in [6.45, 7) is 5.71. The first-order chi connectivity index (χ1) is 8.56. The molecule has 0 saturated heterocycles. The summed E-state index contributed by atoms with van der Waals surface area (Å²) in [6, 6.07) is 4.86. The number of halogens is 2. The quantitative estimate of drug-likeness (QED) is 0.755. The number of ether oxygens (including phenoxy) is 1. The van der Waals surface area contributed by atoms with E-state index < -0.39 is 0 Å². The Hall–Kier alpha value is -0.940. The third kappa shape index (κ3) is 4.74. The van der Waals surface area contributed by atoms with Crippen molar-refractivity contribution in [2.75, 3.05) is 19.7 Å². The van der Waals surface area contributed by atoms with Crippen molar-refractivity contribution in [2.45, 2.75) is 20.4 Å². The first-order valence-electron chi connectivity index (χ1n) is 5.88. The molecule has 0 aliphatic rings. The molecule has 1 rings (SSSR count). The molecule has 18 heavy (non-hydrogen) atoms. The Morgan fingerprint density at radius 1 is 1.44 bits per heavy atom. The highest BCUT2D eigenvalue weighted by Crippen LogP contribution is 2.17. The Bertz CT molecular complexity index is 412. The SMILES string of the molecule is CCOC(=O)CN(CC)Cc1ccc(F)c(Br)c1. The molecule has 0 saturated carbocycles. The van der Waals surface area contributed by atoms with E-state index in [4.69, 9.17) is 4.74 Å². The van der Waals surface area contributed by atoms with Gasteiger partial charge in [0.05, 0.1) is 17.6 Å². The Balaban J connectivity index is 2.62. The number of likely N-dealkylation sites (N-methyl/N-ethyl adjacent to an activating group) is 1. The van der Waals surface area contributed by atoms with Gasteiger partial charge in [-0.15, -0.1) is 0 Å². The normalized spacial score (nSPS) is 10.7. The van der Waals surface area contributed by atoms with Gasteiger partial charge in [-0.3, -0.25) is 9.69 Å². The van der Waals surface area contributed by atoms with E-state index in [1.165, 1.54) is 6.07 Å². The van der Waals surface area contributed by atoms with E-state index in [1.54, 1.807) is 19.1 Å². The molecular weight excluding hydrogens is 301 g/mol. The zero-order valence-electron chi connectivity index (χ0n) is 10.6. The molecule has 1 aromatic rings. The van der Waals surface area contributed by atoms with Gasteiger partial charge in [0.25, 0.3) is 0 Å². The summed E-state index contributed by atoms with van der Waals surface area (Å²) in [7, 11) is 0. The fourth-order valence-electron chi connectivity index (χ4n) is 1.56. The number of carbonyl (C=O) groups excluding carboxylic acids is 1. The minimum Gasteiger partial charge on any atom is -0.465 e. The molecule has 0 aliphatic carbocycles. The molecule has 0 atom stereocenters. The summed E-state index contributed by atoms with van der Waals surface area (Å²) in [4.78, 5) is 13.3. The van der Waals surface area contributed by atoms with Crippen molar-refractivity contribution < 1.29 is 13.9 Å². The van der Waals surface area contributed by atoms with Gasteiger partial charge in [0.15, 0.2) is 0 Å². The van der Waals surface area contributed by atoms with Crippen LogP contribution >= 0.6 is 15.9 Å². The van der Waals surface area contributed by atoms with Crippen molar-refractivity contribution >= 4 is 21.9 Å². The Morgan fingerprint density at radius 3 is 2.72 bits per heavy atom. The predicted octanol–water partition coefficient (Wildman–Crippen LogP) is 2.97. The van der Waals surface area contributed by atoms with Gasteiger partial charge in [0, 0.05) is 6.54 Å². The monoisotopic (exact) mass is 317 g/mol. The molecule has 3 nitrogen and oxygen atoms in total. The lowest BCUT2D eigenvalue weighted by Crippen LogP contribution is -2.30. The van der Waals surface area contributed by atoms with Crippen LogP contribution in [0.25, 0.3) is 0 Å². The maximum absolute atomic E-state index is 13.1. The second-order valence-electron chi connectivity index (χ2n) is 3.86. The Kier molecular flexibility index (Phi) is 6.29. The van der Waals surface area contributed by atoms with Gasteiger partial charge < -0.3 is 4.74 Å². The van der Waals surface area contributed by atoms with Gasteiger partial charge in [-0.25, -0.2) is 4.39 Å². The van der Waals surface area contributed by atoms with Gasteiger partial charge in [-0.2, -0.15) is 0 Å². The van der Waals surface area contributed by atoms with E-state index in [0.717, 1.165) is 12.1 Å². The van der Waals surface area contributed by atoms with Crippen LogP contribution < -0.4 is 0 Å². The number of carbonyl (C=O) groups is 1. The fourth-order valence-corrected chi connectivity index (χ4v) is 1.99. The summed E-state index contributed by atoms with van der Waals surface area (Å²) in [5.74, 6) is -0.521. The first kappa shape index (κ1) is 15.1. The fraction of sp³-hybridized carbons (Fsp3) is 0.462. The molecule has 0 aliphatic heterocycles. The molecule has 0 radical (unpaired) electrons. The molecule has 0 fully saturated rings. The second kappa shape index (κ2) is 7.48. The average Bonchev–Trinajstić information content (AvgIpc) is 2.33. The number of rotatable bonds is 6. The van der Waals surface area contributed by atoms with Crippen LogP contribution in [0.3, 0.4) is 0 Å². The van der Waals surface area contributed by atoms with Crippen molar-refractivity contribution in [2.24, 2.45) is 0 Å². The van der Waals surface area contributed by atoms with Crippen LogP contribution in [0.1, 0.15) is 19.4 Å². The molecule has 0 spiro atoms. The van der Waals surface area contributed by atoms with Crippen LogP contribution in [-0.4, -0.2) is 30.6 Å². The van der Waals surface area contributed by atoms with E-state index in [9.17, 15) is 9.18 Å². The van der Waals surface area contributed by atoms with E-state index in [0.29, 0.717) is 17.6 Å². The minimum atomic E-state index is -0.285. The largest absolute Gasteiger partial charge is 0.465 e. The van der Waals surface area contributed by atoms with Crippen LogP contribution in [-0.2, 0) is 16.1 Å². The molecule has 0 heterocycles. The lowest BCUT2D eigenvalue weighted by molar-refractivity contribution is -0.144. The molecule has 100 valence electrons. The number of nitrogens with zero attached hydrogens (tertiary/aromatic N) is 1. The maximum atomic E-state index is 13.1. The summed E-state index contributed by atoms with van der Waals surface area (Å²) in [5, 5.41) is 0. The predicted molar refractivity (Wildman–Crippen MR) is 71.7 cm³/mol. The zero-order valence-corrected chi connectivity index (χ0v) is 12.2. The lowest BCUT2D eigenvalue weighted by atomic mass is 10.2. The third-order valence-corrected chi connectivity index (χ3v) is 3.10. The van der Waals surface area contributed by atoms with E-state index in [2.05, 4.69) is 15.9 Å².